The minimum atomic E-state index is -0.750. The third kappa shape index (κ3) is 13.4. The molecule has 3 amide bonds. The number of nitrogens with zero attached hydrogens (tertiary/aromatic N) is 3. The van der Waals surface area contributed by atoms with Gasteiger partial charge in [-0.15, -0.1) is 0 Å². The molecule has 0 aliphatic carbocycles. The van der Waals surface area contributed by atoms with E-state index in [2.05, 4.69) is 27.7 Å². The highest BCUT2D eigenvalue weighted by molar-refractivity contribution is 8.26. The molecule has 0 bridgehead atoms. The van der Waals surface area contributed by atoms with E-state index in [1.54, 1.807) is 4.90 Å². The smallest absolute Gasteiger partial charge is 0.345 e. The van der Waals surface area contributed by atoms with E-state index in [0.29, 0.717) is 66.8 Å². The Hall–Kier alpha value is -4.64. The number of unbranched alkanes of at least 4 members (excludes halogenated alkanes) is 3. The second-order valence-corrected chi connectivity index (χ2v) is 22.8. The van der Waals surface area contributed by atoms with Crippen LogP contribution in [0.15, 0.2) is 99.9 Å². The van der Waals surface area contributed by atoms with Gasteiger partial charge >= 0.3 is 17.9 Å². The average Bonchev–Trinajstić information content (AvgIpc) is 4.08. The Bertz CT molecular complexity index is 2360. The van der Waals surface area contributed by atoms with Gasteiger partial charge in [-0.3, -0.25) is 24.0 Å². The van der Waals surface area contributed by atoms with E-state index in [1.165, 1.54) is 10.0 Å². The highest BCUT2D eigenvalue weighted by atomic mass is 32.2. The van der Waals surface area contributed by atoms with Crippen molar-refractivity contribution in [3.8, 4) is 11.5 Å². The van der Waals surface area contributed by atoms with Crippen LogP contribution in [0.4, 0.5) is 0 Å². The van der Waals surface area contributed by atoms with Gasteiger partial charge < -0.3 is 19.1 Å². The molecule has 72 heavy (non-hydrogen) atoms. The van der Waals surface area contributed by atoms with Crippen molar-refractivity contribution in [2.75, 3.05) is 19.7 Å². The Balaban J connectivity index is 1.56. The third-order valence-corrected chi connectivity index (χ3v) is 18.5. The maximum absolute atomic E-state index is 14.9. The van der Waals surface area contributed by atoms with E-state index in [4.69, 9.17) is 14.2 Å². The van der Waals surface area contributed by atoms with Gasteiger partial charge in [0.15, 0.2) is 11.5 Å². The number of esters is 3. The van der Waals surface area contributed by atoms with Gasteiger partial charge in [0.2, 0.25) is 0 Å². The van der Waals surface area contributed by atoms with Crippen molar-refractivity contribution in [2.24, 2.45) is 17.8 Å². The Labute approximate surface area is 443 Å². The number of carbonyl (C=O) groups is 6. The fourth-order valence-electron chi connectivity index (χ4n) is 8.70. The number of hydrazine groups is 1. The van der Waals surface area contributed by atoms with Crippen LogP contribution in [0.25, 0.3) is 0 Å². The first-order chi connectivity index (χ1) is 34.9. The van der Waals surface area contributed by atoms with Gasteiger partial charge in [-0.25, -0.2) is 14.8 Å². The molecule has 6 rings (SSSR count). The highest BCUT2D eigenvalue weighted by Crippen LogP contribution is 2.69. The van der Waals surface area contributed by atoms with E-state index < -0.39 is 47.5 Å². The van der Waals surface area contributed by atoms with Crippen molar-refractivity contribution in [3.05, 3.63) is 91.4 Å². The first-order valence-electron chi connectivity index (χ1n) is 25.9. The molecule has 0 saturated carbocycles. The lowest BCUT2D eigenvalue weighted by atomic mass is 10.00. The molecule has 0 radical (unpaired) electrons. The van der Waals surface area contributed by atoms with Crippen LogP contribution >= 0.6 is 47.0 Å². The first kappa shape index (κ1) is 56.7. The standard InChI is InChI=1S/C56H71N3O9S4/c1-9-17-26-36(12-4)35-66-54(65)42(49(60)57(15-7)16-8)56-71-47-43(67-52(63)39(13-5)31-18-10-2)45-46(44(48(47)72-56)68-53(64)40(14-6)32-19-11-3)70-55(69-45)41-50(61)58(33-37-27-22-20-23-28-37)59(51(41)62)34-38-29-24-21-25-30-38/h20-25,27-30,36,39-40H,9-19,26,31-35H2,1-8H3. The number of carbonyl (C=O) groups excluding carboxylic acids is 6. The van der Waals surface area contributed by atoms with Crippen molar-refractivity contribution in [1.29, 1.82) is 0 Å². The Morgan fingerprint density at radius 3 is 1.40 bits per heavy atom. The van der Waals surface area contributed by atoms with Gasteiger partial charge in [-0.2, -0.15) is 0 Å². The summed E-state index contributed by atoms with van der Waals surface area (Å²) in [7, 11) is 0. The zero-order chi connectivity index (χ0) is 51.9. The summed E-state index contributed by atoms with van der Waals surface area (Å²) in [6.07, 6.45) is 9.35. The number of hydrogen-bond donors (Lipinski definition) is 0. The number of benzene rings is 3. The average molecular weight is 1060 g/mol. The van der Waals surface area contributed by atoms with Crippen LogP contribution in [-0.4, -0.2) is 70.2 Å². The van der Waals surface area contributed by atoms with Gasteiger partial charge in [-0.1, -0.05) is 194 Å². The van der Waals surface area contributed by atoms with Crippen molar-refractivity contribution in [1.82, 2.24) is 14.9 Å². The molecule has 3 aromatic rings. The lowest BCUT2D eigenvalue weighted by Crippen LogP contribution is -2.39. The fourth-order valence-corrected chi connectivity index (χ4v) is 14.2. The van der Waals surface area contributed by atoms with E-state index in [1.807, 2.05) is 88.4 Å². The van der Waals surface area contributed by atoms with Crippen molar-refractivity contribution >= 4 is 82.7 Å². The molecule has 3 aliphatic rings. The number of amides is 3. The van der Waals surface area contributed by atoms with Crippen LogP contribution in [0, 0.1) is 17.8 Å². The maximum atomic E-state index is 14.9. The molecule has 1 fully saturated rings. The zero-order valence-electron chi connectivity index (χ0n) is 43.2. The summed E-state index contributed by atoms with van der Waals surface area (Å²) in [5.74, 6) is -3.56. The molecule has 3 aromatic carbocycles. The molecular weight excluding hydrogens is 987 g/mol. The minimum absolute atomic E-state index is 0.0494. The van der Waals surface area contributed by atoms with Crippen LogP contribution in [-0.2, 0) is 46.6 Å². The molecule has 3 unspecified atom stereocenters. The topological polar surface area (TPSA) is 140 Å². The highest BCUT2D eigenvalue weighted by Gasteiger charge is 2.48. The van der Waals surface area contributed by atoms with E-state index in [-0.39, 0.29) is 48.3 Å². The largest absolute Gasteiger partial charge is 0.462 e. The van der Waals surface area contributed by atoms with Crippen LogP contribution in [0.1, 0.15) is 144 Å². The van der Waals surface area contributed by atoms with Crippen LogP contribution in [0.2, 0.25) is 0 Å². The van der Waals surface area contributed by atoms with E-state index in [9.17, 15) is 28.8 Å². The van der Waals surface area contributed by atoms with Gasteiger partial charge in [-0.05, 0) is 63.0 Å². The Morgan fingerprint density at radius 1 is 0.569 bits per heavy atom. The van der Waals surface area contributed by atoms with Crippen molar-refractivity contribution in [2.45, 2.75) is 165 Å². The number of likely N-dealkylation sites (N-methyl/N-ethyl adjacent to an activating group) is 1. The summed E-state index contributed by atoms with van der Waals surface area (Å²) >= 11 is 4.47. The molecule has 3 aliphatic heterocycles. The summed E-state index contributed by atoms with van der Waals surface area (Å²) < 4.78 is 19.8. The second-order valence-electron chi connectivity index (χ2n) is 18.2. The number of hydrogen-bond acceptors (Lipinski definition) is 13. The lowest BCUT2D eigenvalue weighted by Gasteiger charge is -2.27. The van der Waals surface area contributed by atoms with Crippen molar-refractivity contribution in [3.63, 3.8) is 0 Å². The quantitative estimate of drug-likeness (QED) is 0.0248. The fraction of sp³-hybridized carbons (Fsp3) is 0.500. The molecule has 12 nitrogen and oxygen atoms in total. The monoisotopic (exact) mass is 1060 g/mol. The van der Waals surface area contributed by atoms with Gasteiger partial charge in [0.05, 0.1) is 59.6 Å². The molecule has 16 heteroatoms. The summed E-state index contributed by atoms with van der Waals surface area (Å²) in [6, 6.07) is 19.0. The number of thioether (sulfide) groups is 4. The second kappa shape index (κ2) is 27.6. The van der Waals surface area contributed by atoms with Crippen molar-refractivity contribution < 1.29 is 43.0 Å². The Morgan fingerprint density at radius 2 is 1.00 bits per heavy atom. The summed E-state index contributed by atoms with van der Waals surface area (Å²) in [5, 5.41) is 2.95. The minimum Gasteiger partial charge on any atom is -0.462 e. The normalized spacial score (nSPS) is 15.4. The van der Waals surface area contributed by atoms with Gasteiger partial charge in [0, 0.05) is 13.1 Å². The molecular formula is C56H71N3O9S4. The van der Waals surface area contributed by atoms with E-state index >= 15 is 0 Å². The number of ether oxygens (including phenoxy) is 3. The van der Waals surface area contributed by atoms with Gasteiger partial charge in [0.1, 0.15) is 11.1 Å². The molecule has 388 valence electrons. The third-order valence-electron chi connectivity index (χ3n) is 13.3. The summed E-state index contributed by atoms with van der Waals surface area (Å²) in [4.78, 5) is 90.8. The Kier molecular flexibility index (Phi) is 21.7. The van der Waals surface area contributed by atoms with Crippen LogP contribution in [0.3, 0.4) is 0 Å². The maximum Gasteiger partial charge on any atom is 0.345 e. The molecule has 3 heterocycles. The summed E-state index contributed by atoms with van der Waals surface area (Å²) in [5.41, 5.74) is 1.48. The van der Waals surface area contributed by atoms with Gasteiger partial charge in [0.25, 0.3) is 17.7 Å². The molecule has 0 spiro atoms. The predicted octanol–water partition coefficient (Wildman–Crippen LogP) is 13.4. The molecule has 1 saturated heterocycles. The van der Waals surface area contributed by atoms with Crippen LogP contribution < -0.4 is 9.47 Å². The molecule has 0 N–H and O–H groups in total. The summed E-state index contributed by atoms with van der Waals surface area (Å²) in [6.45, 7) is 17.0. The number of fused-ring (bicyclic) bond motifs is 2. The predicted molar refractivity (Wildman–Crippen MR) is 288 cm³/mol. The molecule has 3 atom stereocenters. The van der Waals surface area contributed by atoms with Crippen LogP contribution in [0.5, 0.6) is 11.5 Å². The SMILES string of the molecule is CCCCC(CC)COC(=O)C(C(=O)N(CC)CC)=C1Sc2c(OC(=O)C(CC)CCCC)c3c(c(OC(=O)C(CC)CCCC)c2S1)SC(=C1C(=O)N(Cc2ccccc2)N(Cc2ccccc2)C1=O)S3. The molecule has 0 aromatic heterocycles. The lowest BCUT2D eigenvalue weighted by molar-refractivity contribution is -0.149. The zero-order valence-corrected chi connectivity index (χ0v) is 46.4. The van der Waals surface area contributed by atoms with E-state index in [0.717, 1.165) is 110 Å². The first-order valence-corrected chi connectivity index (χ1v) is 29.2. The number of rotatable bonds is 26.